The van der Waals surface area contributed by atoms with Crippen LogP contribution in [-0.4, -0.2) is 12.2 Å². The van der Waals surface area contributed by atoms with E-state index in [4.69, 9.17) is 10.5 Å². The van der Waals surface area contributed by atoms with Crippen molar-refractivity contribution in [1.29, 1.82) is 0 Å². The second kappa shape index (κ2) is 3.13. The number of hydrogen-bond donors (Lipinski definition) is 2. The molecule has 1 rings (SSSR count). The van der Waals surface area contributed by atoms with E-state index < -0.39 is 5.72 Å². The molecule has 0 bridgehead atoms. The van der Waals surface area contributed by atoms with Crippen LogP contribution in [0, 0.1) is 0 Å². The van der Waals surface area contributed by atoms with E-state index in [1.165, 1.54) is 6.92 Å². The van der Waals surface area contributed by atoms with Crippen molar-refractivity contribution in [1.82, 2.24) is 0 Å². The Balaban J connectivity index is 3.14. The van der Waals surface area contributed by atoms with E-state index in [1.807, 2.05) is 6.07 Å². The number of nitrogens with two attached hydrogens (primary N) is 1. The second-order valence-corrected chi connectivity index (χ2v) is 2.85. The molecular formula is C9H13NO2. The van der Waals surface area contributed by atoms with Crippen LogP contribution in [0.2, 0.25) is 0 Å². The largest absolute Gasteiger partial charge is 0.496 e. The summed E-state index contributed by atoms with van der Waals surface area (Å²) in [5, 5.41) is 9.50. The highest BCUT2D eigenvalue weighted by Gasteiger charge is 2.20. The molecule has 0 amide bonds. The first-order chi connectivity index (χ1) is 5.55. The normalized spacial score (nSPS) is 15.3. The van der Waals surface area contributed by atoms with E-state index >= 15 is 0 Å². The van der Waals surface area contributed by atoms with Crippen molar-refractivity contribution >= 4 is 0 Å². The summed E-state index contributed by atoms with van der Waals surface area (Å²) in [5.74, 6) is 0.602. The molecule has 0 saturated carbocycles. The Kier molecular flexibility index (Phi) is 2.35. The minimum absolute atomic E-state index is 0.590. The van der Waals surface area contributed by atoms with Crippen LogP contribution in [-0.2, 0) is 5.72 Å². The fraction of sp³-hybridized carbons (Fsp3) is 0.333. The number of hydrogen-bond acceptors (Lipinski definition) is 3. The zero-order valence-electron chi connectivity index (χ0n) is 7.24. The Morgan fingerprint density at radius 2 is 2.00 bits per heavy atom. The van der Waals surface area contributed by atoms with Crippen molar-refractivity contribution in [2.75, 3.05) is 7.11 Å². The SMILES string of the molecule is COc1ccccc1C(C)(N)O. The van der Waals surface area contributed by atoms with Crippen LogP contribution in [0.4, 0.5) is 0 Å². The average molecular weight is 167 g/mol. The summed E-state index contributed by atoms with van der Waals surface area (Å²) in [7, 11) is 1.55. The fourth-order valence-electron chi connectivity index (χ4n) is 1.06. The van der Waals surface area contributed by atoms with Crippen LogP contribution < -0.4 is 10.5 Å². The van der Waals surface area contributed by atoms with Gasteiger partial charge in [0.1, 0.15) is 11.5 Å². The predicted octanol–water partition coefficient (Wildman–Crippen LogP) is 0.819. The third-order valence-corrected chi connectivity index (χ3v) is 1.65. The molecule has 1 aromatic rings. The molecule has 3 nitrogen and oxygen atoms in total. The van der Waals surface area contributed by atoms with Crippen LogP contribution in [0.15, 0.2) is 24.3 Å². The van der Waals surface area contributed by atoms with Gasteiger partial charge in [-0.25, -0.2) is 0 Å². The van der Waals surface area contributed by atoms with Crippen LogP contribution in [0.5, 0.6) is 5.75 Å². The van der Waals surface area contributed by atoms with Crippen molar-refractivity contribution in [2.24, 2.45) is 5.73 Å². The van der Waals surface area contributed by atoms with Gasteiger partial charge >= 0.3 is 0 Å². The molecular weight excluding hydrogens is 154 g/mol. The molecule has 0 saturated heterocycles. The van der Waals surface area contributed by atoms with Gasteiger partial charge in [0, 0.05) is 5.56 Å². The number of benzene rings is 1. The van der Waals surface area contributed by atoms with Gasteiger partial charge in [0.25, 0.3) is 0 Å². The van der Waals surface area contributed by atoms with Crippen molar-refractivity contribution in [3.63, 3.8) is 0 Å². The molecule has 12 heavy (non-hydrogen) atoms. The summed E-state index contributed by atoms with van der Waals surface area (Å²) >= 11 is 0. The molecule has 0 aliphatic carbocycles. The molecule has 66 valence electrons. The topological polar surface area (TPSA) is 55.5 Å². The predicted molar refractivity (Wildman–Crippen MR) is 46.8 cm³/mol. The van der Waals surface area contributed by atoms with Crippen molar-refractivity contribution in [2.45, 2.75) is 12.6 Å². The van der Waals surface area contributed by atoms with Gasteiger partial charge in [-0.05, 0) is 13.0 Å². The maximum atomic E-state index is 9.50. The van der Waals surface area contributed by atoms with Gasteiger partial charge in [-0.3, -0.25) is 5.73 Å². The molecule has 3 heteroatoms. The van der Waals surface area contributed by atoms with Gasteiger partial charge in [0.15, 0.2) is 0 Å². The molecule has 0 aliphatic heterocycles. The van der Waals surface area contributed by atoms with Crippen LogP contribution in [0.25, 0.3) is 0 Å². The first kappa shape index (κ1) is 9.03. The van der Waals surface area contributed by atoms with Gasteiger partial charge in [0.05, 0.1) is 7.11 Å². The molecule has 0 aliphatic rings. The van der Waals surface area contributed by atoms with Crippen LogP contribution >= 0.6 is 0 Å². The van der Waals surface area contributed by atoms with Crippen molar-refractivity contribution < 1.29 is 9.84 Å². The van der Waals surface area contributed by atoms with Crippen molar-refractivity contribution in [3.05, 3.63) is 29.8 Å². The lowest BCUT2D eigenvalue weighted by Gasteiger charge is -2.20. The minimum atomic E-state index is -1.34. The number of para-hydroxylation sites is 1. The molecule has 0 aromatic heterocycles. The third-order valence-electron chi connectivity index (χ3n) is 1.65. The van der Waals surface area contributed by atoms with E-state index in [9.17, 15) is 5.11 Å². The molecule has 0 radical (unpaired) electrons. The Morgan fingerprint density at radius 1 is 1.42 bits per heavy atom. The van der Waals surface area contributed by atoms with Gasteiger partial charge < -0.3 is 9.84 Å². The third kappa shape index (κ3) is 1.75. The summed E-state index contributed by atoms with van der Waals surface area (Å²) in [4.78, 5) is 0. The van der Waals surface area contributed by atoms with E-state index in [2.05, 4.69) is 0 Å². The summed E-state index contributed by atoms with van der Waals surface area (Å²) in [6.07, 6.45) is 0. The smallest absolute Gasteiger partial charge is 0.140 e. The zero-order chi connectivity index (χ0) is 9.19. The molecule has 0 spiro atoms. The summed E-state index contributed by atoms with van der Waals surface area (Å²) in [6.45, 7) is 1.52. The first-order valence-electron chi connectivity index (χ1n) is 3.70. The molecule has 1 unspecified atom stereocenters. The quantitative estimate of drug-likeness (QED) is 0.641. The lowest BCUT2D eigenvalue weighted by molar-refractivity contribution is 0.0619. The molecule has 3 N–H and O–H groups in total. The maximum Gasteiger partial charge on any atom is 0.140 e. The minimum Gasteiger partial charge on any atom is -0.496 e. The van der Waals surface area contributed by atoms with Gasteiger partial charge in [-0.15, -0.1) is 0 Å². The summed E-state index contributed by atoms with van der Waals surface area (Å²) < 4.78 is 5.03. The monoisotopic (exact) mass is 167 g/mol. The first-order valence-corrected chi connectivity index (χ1v) is 3.70. The maximum absolute atomic E-state index is 9.50. The molecule has 0 heterocycles. The highest BCUT2D eigenvalue weighted by molar-refractivity contribution is 5.36. The number of methoxy groups -OCH3 is 1. The van der Waals surface area contributed by atoms with Crippen LogP contribution in [0.1, 0.15) is 12.5 Å². The average Bonchev–Trinajstić information content (AvgIpc) is 2.03. The van der Waals surface area contributed by atoms with E-state index in [0.717, 1.165) is 0 Å². The lowest BCUT2D eigenvalue weighted by Crippen LogP contribution is -2.32. The zero-order valence-corrected chi connectivity index (χ0v) is 7.24. The number of aliphatic hydroxyl groups is 1. The highest BCUT2D eigenvalue weighted by atomic mass is 16.5. The number of ether oxygens (including phenoxy) is 1. The van der Waals surface area contributed by atoms with E-state index in [-0.39, 0.29) is 0 Å². The summed E-state index contributed by atoms with van der Waals surface area (Å²) in [6, 6.07) is 7.13. The Bertz CT molecular complexity index is 265. The second-order valence-electron chi connectivity index (χ2n) is 2.85. The Labute approximate surface area is 71.8 Å². The number of rotatable bonds is 2. The standard InChI is InChI=1S/C9H13NO2/c1-9(10,11)7-5-3-4-6-8(7)12-2/h3-6,11H,10H2,1-2H3. The molecule has 1 atom stereocenters. The Morgan fingerprint density at radius 3 is 2.42 bits per heavy atom. The van der Waals surface area contributed by atoms with Gasteiger partial charge in [0.2, 0.25) is 0 Å². The van der Waals surface area contributed by atoms with E-state index in [1.54, 1.807) is 25.3 Å². The van der Waals surface area contributed by atoms with E-state index in [0.29, 0.717) is 11.3 Å². The lowest BCUT2D eigenvalue weighted by atomic mass is 10.1. The van der Waals surface area contributed by atoms with Crippen LogP contribution in [0.3, 0.4) is 0 Å². The summed E-state index contributed by atoms with van der Waals surface area (Å²) in [5.41, 5.74) is 4.76. The highest BCUT2D eigenvalue weighted by Crippen LogP contribution is 2.25. The molecule has 1 aromatic carbocycles. The van der Waals surface area contributed by atoms with Crippen molar-refractivity contribution in [3.8, 4) is 5.75 Å². The fourth-order valence-corrected chi connectivity index (χ4v) is 1.06. The molecule has 0 fully saturated rings. The Hall–Kier alpha value is -1.06. The van der Waals surface area contributed by atoms with Gasteiger partial charge in [-0.2, -0.15) is 0 Å². The van der Waals surface area contributed by atoms with Gasteiger partial charge in [-0.1, -0.05) is 18.2 Å².